The lowest BCUT2D eigenvalue weighted by Crippen LogP contribution is -2.47. The van der Waals surface area contributed by atoms with Gasteiger partial charge in [-0.2, -0.15) is 0 Å². The molecule has 2 heterocycles. The lowest BCUT2D eigenvalue weighted by atomic mass is 9.92. The number of fused-ring (bicyclic) bond motifs is 3. The third-order valence-electron chi connectivity index (χ3n) is 5.07. The maximum absolute atomic E-state index is 12.5. The number of hydrazine groups is 1. The fourth-order valence-corrected chi connectivity index (χ4v) is 3.69. The summed E-state index contributed by atoms with van der Waals surface area (Å²) in [4.78, 5) is 12.5. The van der Waals surface area contributed by atoms with Gasteiger partial charge in [-0.15, -0.1) is 0 Å². The van der Waals surface area contributed by atoms with Crippen LogP contribution < -0.4 is 16.2 Å². The van der Waals surface area contributed by atoms with Crippen LogP contribution in [0.3, 0.4) is 0 Å². The van der Waals surface area contributed by atoms with Gasteiger partial charge in [0, 0.05) is 24.7 Å². The highest BCUT2D eigenvalue weighted by Crippen LogP contribution is 2.50. The van der Waals surface area contributed by atoms with Crippen molar-refractivity contribution in [2.45, 2.75) is 31.3 Å². The Balaban J connectivity index is 1.45. The first-order valence-electron chi connectivity index (χ1n) is 7.73. The van der Waals surface area contributed by atoms with Gasteiger partial charge in [0.15, 0.2) is 0 Å². The first-order valence-corrected chi connectivity index (χ1v) is 7.73. The van der Waals surface area contributed by atoms with E-state index < -0.39 is 0 Å². The minimum Gasteiger partial charge on any atom is -0.394 e. The summed E-state index contributed by atoms with van der Waals surface area (Å²) in [7, 11) is 0. The molecular formula is C15H21N3O3. The molecule has 21 heavy (non-hydrogen) atoms. The molecule has 1 saturated heterocycles. The molecule has 114 valence electrons. The van der Waals surface area contributed by atoms with Crippen molar-refractivity contribution in [2.75, 3.05) is 19.8 Å². The first-order chi connectivity index (χ1) is 10.3. The van der Waals surface area contributed by atoms with Gasteiger partial charge in [0.2, 0.25) is 0 Å². The van der Waals surface area contributed by atoms with Crippen molar-refractivity contribution in [3.8, 4) is 0 Å². The zero-order chi connectivity index (χ0) is 14.4. The summed E-state index contributed by atoms with van der Waals surface area (Å²) in [5, 5.41) is 12.6. The summed E-state index contributed by atoms with van der Waals surface area (Å²) < 4.78 is 5.34. The molecule has 1 saturated carbocycles. The van der Waals surface area contributed by atoms with Crippen LogP contribution in [0, 0.1) is 11.8 Å². The Labute approximate surface area is 123 Å². The SMILES string of the molecule is O=C(NC(CO)C1CCOCC1)C1=C2C=C3CC3C2NN1. The molecule has 3 atom stereocenters. The fraction of sp³-hybridized carbons (Fsp3) is 0.667. The number of aliphatic hydroxyl groups excluding tert-OH is 1. The normalized spacial score (nSPS) is 32.1. The number of aliphatic hydroxyl groups is 1. The molecule has 0 aromatic carbocycles. The van der Waals surface area contributed by atoms with E-state index in [1.807, 2.05) is 0 Å². The monoisotopic (exact) mass is 291 g/mol. The van der Waals surface area contributed by atoms with Crippen molar-refractivity contribution < 1.29 is 14.6 Å². The Morgan fingerprint density at radius 1 is 1.48 bits per heavy atom. The topological polar surface area (TPSA) is 82.6 Å². The van der Waals surface area contributed by atoms with Gasteiger partial charge in [-0.05, 0) is 25.2 Å². The van der Waals surface area contributed by atoms with E-state index >= 15 is 0 Å². The van der Waals surface area contributed by atoms with Gasteiger partial charge in [-0.25, -0.2) is 5.43 Å². The molecule has 6 nitrogen and oxygen atoms in total. The second-order valence-corrected chi connectivity index (χ2v) is 6.32. The lowest BCUT2D eigenvalue weighted by Gasteiger charge is -2.29. The Bertz CT molecular complexity index is 522. The predicted octanol–water partition coefficient (Wildman–Crippen LogP) is -0.419. The smallest absolute Gasteiger partial charge is 0.269 e. The van der Waals surface area contributed by atoms with Crippen molar-refractivity contribution in [1.82, 2.24) is 16.2 Å². The van der Waals surface area contributed by atoms with Crippen LogP contribution in [0.5, 0.6) is 0 Å². The lowest BCUT2D eigenvalue weighted by molar-refractivity contribution is -0.119. The van der Waals surface area contributed by atoms with Crippen LogP contribution in [0.4, 0.5) is 0 Å². The van der Waals surface area contributed by atoms with E-state index in [2.05, 4.69) is 22.2 Å². The minimum atomic E-state index is -0.195. The molecule has 0 spiro atoms. The summed E-state index contributed by atoms with van der Waals surface area (Å²) >= 11 is 0. The number of carbonyl (C=O) groups excluding carboxylic acids is 1. The minimum absolute atomic E-state index is 0.0282. The van der Waals surface area contributed by atoms with Crippen molar-refractivity contribution in [3.63, 3.8) is 0 Å². The number of carbonyl (C=O) groups is 1. The zero-order valence-corrected chi connectivity index (χ0v) is 11.9. The van der Waals surface area contributed by atoms with E-state index in [1.54, 1.807) is 0 Å². The Morgan fingerprint density at radius 2 is 2.29 bits per heavy atom. The molecule has 1 amide bonds. The average Bonchev–Trinajstić information content (AvgIpc) is 3.00. The van der Waals surface area contributed by atoms with Crippen LogP contribution >= 0.6 is 0 Å². The number of hydrogen-bond donors (Lipinski definition) is 4. The molecular weight excluding hydrogens is 270 g/mol. The van der Waals surface area contributed by atoms with Crippen LogP contribution in [-0.2, 0) is 9.53 Å². The van der Waals surface area contributed by atoms with Gasteiger partial charge >= 0.3 is 0 Å². The van der Waals surface area contributed by atoms with Crippen molar-refractivity contribution in [2.24, 2.45) is 11.8 Å². The standard InChI is InChI=1S/C15H21N3O3/c19-7-12(8-1-3-21-4-2-8)16-15(20)14-11-6-9-5-10(9)13(11)17-18-14/h6,8,10,12-13,17-19H,1-5,7H2,(H,16,20). The second-order valence-electron chi connectivity index (χ2n) is 6.32. The molecule has 4 aliphatic rings. The summed E-state index contributed by atoms with van der Waals surface area (Å²) in [6.45, 7) is 1.39. The summed E-state index contributed by atoms with van der Waals surface area (Å²) in [6.07, 6.45) is 5.06. The molecule has 0 aromatic rings. The first kappa shape index (κ1) is 13.3. The Morgan fingerprint density at radius 3 is 3.05 bits per heavy atom. The van der Waals surface area contributed by atoms with Gasteiger partial charge in [0.1, 0.15) is 5.70 Å². The Hall–Kier alpha value is -1.37. The van der Waals surface area contributed by atoms with Crippen LogP contribution in [0.2, 0.25) is 0 Å². The highest BCUT2D eigenvalue weighted by Gasteiger charge is 2.48. The third-order valence-corrected chi connectivity index (χ3v) is 5.07. The van der Waals surface area contributed by atoms with Gasteiger partial charge in [0.25, 0.3) is 5.91 Å². The molecule has 4 N–H and O–H groups in total. The van der Waals surface area contributed by atoms with Gasteiger partial charge in [-0.1, -0.05) is 11.6 Å². The van der Waals surface area contributed by atoms with Crippen LogP contribution in [-0.4, -0.2) is 42.9 Å². The van der Waals surface area contributed by atoms with E-state index in [0.717, 1.165) is 24.8 Å². The van der Waals surface area contributed by atoms with E-state index in [4.69, 9.17) is 4.74 Å². The van der Waals surface area contributed by atoms with Crippen LogP contribution in [0.1, 0.15) is 19.3 Å². The molecule has 0 radical (unpaired) electrons. The maximum Gasteiger partial charge on any atom is 0.269 e. The van der Waals surface area contributed by atoms with Crippen LogP contribution in [0.15, 0.2) is 22.9 Å². The highest BCUT2D eigenvalue weighted by molar-refractivity contribution is 5.95. The third kappa shape index (κ3) is 2.27. The van der Waals surface area contributed by atoms with E-state index in [-0.39, 0.29) is 24.6 Å². The number of rotatable bonds is 4. The molecule has 0 bridgehead atoms. The molecule has 2 fully saturated rings. The fourth-order valence-electron chi connectivity index (χ4n) is 3.69. The summed E-state index contributed by atoms with van der Waals surface area (Å²) in [5.74, 6) is 0.754. The summed E-state index contributed by atoms with van der Waals surface area (Å²) in [6, 6.07) is 0.0651. The number of amides is 1. The molecule has 0 aromatic heterocycles. The number of ether oxygens (including phenoxy) is 1. The number of hydrogen-bond acceptors (Lipinski definition) is 5. The number of nitrogens with one attached hydrogen (secondary N) is 3. The molecule has 2 aliphatic carbocycles. The largest absolute Gasteiger partial charge is 0.394 e. The van der Waals surface area contributed by atoms with Crippen molar-refractivity contribution in [1.29, 1.82) is 0 Å². The highest BCUT2D eigenvalue weighted by atomic mass is 16.5. The maximum atomic E-state index is 12.5. The van der Waals surface area contributed by atoms with Crippen molar-refractivity contribution in [3.05, 3.63) is 22.9 Å². The zero-order valence-electron chi connectivity index (χ0n) is 11.9. The molecule has 6 heteroatoms. The van der Waals surface area contributed by atoms with Crippen molar-refractivity contribution >= 4 is 5.91 Å². The van der Waals surface area contributed by atoms with E-state index in [0.29, 0.717) is 30.7 Å². The molecule has 3 unspecified atom stereocenters. The molecule has 4 rings (SSSR count). The van der Waals surface area contributed by atoms with E-state index in [9.17, 15) is 9.90 Å². The summed E-state index contributed by atoms with van der Waals surface area (Å²) in [5.41, 5.74) is 9.34. The van der Waals surface area contributed by atoms with E-state index in [1.165, 1.54) is 5.57 Å². The molecule has 2 aliphatic heterocycles. The van der Waals surface area contributed by atoms with Gasteiger partial charge in [-0.3, -0.25) is 4.79 Å². The van der Waals surface area contributed by atoms with Crippen LogP contribution in [0.25, 0.3) is 0 Å². The second kappa shape index (κ2) is 5.12. The Kier molecular flexibility index (Phi) is 3.24. The average molecular weight is 291 g/mol. The van der Waals surface area contributed by atoms with Gasteiger partial charge < -0.3 is 20.6 Å². The predicted molar refractivity (Wildman–Crippen MR) is 75.8 cm³/mol. The van der Waals surface area contributed by atoms with Gasteiger partial charge in [0.05, 0.1) is 18.7 Å². The quantitative estimate of drug-likeness (QED) is 0.565.